The van der Waals surface area contributed by atoms with Crippen molar-refractivity contribution in [2.45, 2.75) is 19.9 Å². The number of nitrogens with two attached hydrogens (primary N) is 1. The van der Waals surface area contributed by atoms with E-state index in [4.69, 9.17) is 15.2 Å². The first-order valence-corrected chi connectivity index (χ1v) is 10.8. The van der Waals surface area contributed by atoms with Crippen molar-refractivity contribution in [1.82, 2.24) is 19.4 Å². The number of nitrogens with one attached hydrogen (secondary N) is 1. The number of hydrogen-bond donors (Lipinski definition) is 2. The van der Waals surface area contributed by atoms with Gasteiger partial charge in [0.05, 0.1) is 12.2 Å². The molecule has 0 aliphatic heterocycles. The van der Waals surface area contributed by atoms with Gasteiger partial charge in [0.2, 0.25) is 5.95 Å². The van der Waals surface area contributed by atoms with Gasteiger partial charge in [-0.05, 0) is 37.6 Å². The number of aryl methyl sites for hydroxylation is 1. The average molecular weight is 455 g/mol. The molecule has 0 aliphatic rings. The summed E-state index contributed by atoms with van der Waals surface area (Å²) in [7, 11) is 3.23. The number of benzene rings is 1. The highest BCUT2D eigenvalue weighted by molar-refractivity contribution is 6.04. The number of amides is 2. The molecule has 1 aromatic carbocycles. The highest BCUT2D eigenvalue weighted by Crippen LogP contribution is 2.21. The number of likely N-dealkylation sites (N-methyl/N-ethyl adjacent to an activating group) is 1. The predicted molar refractivity (Wildman–Crippen MR) is 126 cm³/mol. The van der Waals surface area contributed by atoms with Crippen LogP contribution in [0.1, 0.15) is 34.1 Å². The van der Waals surface area contributed by atoms with Gasteiger partial charge < -0.3 is 20.1 Å². The van der Waals surface area contributed by atoms with Crippen LogP contribution in [0.2, 0.25) is 0 Å². The van der Waals surface area contributed by atoms with Crippen LogP contribution in [0.3, 0.4) is 0 Å². The predicted octanol–water partition coefficient (Wildman–Crippen LogP) is 2.41. The second-order valence-corrected chi connectivity index (χ2v) is 7.46. The molecule has 0 saturated carbocycles. The molecule has 3 aromatic rings. The Morgan fingerprint density at radius 3 is 2.64 bits per heavy atom. The Kier molecular flexibility index (Phi) is 8.34. The second kappa shape index (κ2) is 11.4. The zero-order valence-corrected chi connectivity index (χ0v) is 19.2. The van der Waals surface area contributed by atoms with E-state index >= 15 is 0 Å². The van der Waals surface area contributed by atoms with Crippen LogP contribution >= 0.6 is 0 Å². The van der Waals surface area contributed by atoms with E-state index in [1.54, 1.807) is 49.5 Å². The van der Waals surface area contributed by atoms with Crippen LogP contribution in [0.5, 0.6) is 0 Å². The normalized spacial score (nSPS) is 11.0. The molecule has 3 rings (SSSR count). The quantitative estimate of drug-likeness (QED) is 0.337. The maximum absolute atomic E-state index is 12.9. The third kappa shape index (κ3) is 5.85. The van der Waals surface area contributed by atoms with E-state index in [1.807, 2.05) is 11.5 Å². The molecule has 0 radical (unpaired) electrons. The van der Waals surface area contributed by atoms with Crippen LogP contribution in [-0.4, -0.2) is 71.8 Å². The van der Waals surface area contributed by atoms with Crippen molar-refractivity contribution in [3.8, 4) is 0 Å². The molecular formula is C23H30N6O4. The summed E-state index contributed by atoms with van der Waals surface area (Å²) >= 11 is 0. The molecule has 0 aliphatic carbocycles. The van der Waals surface area contributed by atoms with Crippen LogP contribution < -0.4 is 11.1 Å². The smallest absolute Gasteiger partial charge is 0.258 e. The molecule has 0 fully saturated rings. The summed E-state index contributed by atoms with van der Waals surface area (Å²) in [6, 6.07) is 8.41. The number of methoxy groups -OCH3 is 2. The van der Waals surface area contributed by atoms with Crippen LogP contribution in [0.15, 0.2) is 36.5 Å². The van der Waals surface area contributed by atoms with Crippen LogP contribution in [0, 0.1) is 0 Å². The lowest BCUT2D eigenvalue weighted by Crippen LogP contribution is -2.33. The van der Waals surface area contributed by atoms with E-state index in [2.05, 4.69) is 15.3 Å². The van der Waals surface area contributed by atoms with E-state index in [0.29, 0.717) is 73.2 Å². The van der Waals surface area contributed by atoms with Crippen molar-refractivity contribution in [3.63, 3.8) is 0 Å². The number of aromatic nitrogens is 3. The Hall–Kier alpha value is -3.50. The van der Waals surface area contributed by atoms with Gasteiger partial charge in [0, 0.05) is 57.9 Å². The Bertz CT molecular complexity index is 1110. The molecule has 10 nitrogen and oxygen atoms in total. The number of hydrogen-bond acceptors (Lipinski definition) is 7. The van der Waals surface area contributed by atoms with Gasteiger partial charge in [-0.1, -0.05) is 6.07 Å². The van der Waals surface area contributed by atoms with Gasteiger partial charge in [0.25, 0.3) is 11.8 Å². The highest BCUT2D eigenvalue weighted by atomic mass is 16.5. The molecule has 0 unspecified atom stereocenters. The largest absolute Gasteiger partial charge is 0.399 e. The van der Waals surface area contributed by atoms with Gasteiger partial charge in [-0.3, -0.25) is 19.5 Å². The Morgan fingerprint density at radius 1 is 1.15 bits per heavy atom. The summed E-state index contributed by atoms with van der Waals surface area (Å²) < 4.78 is 12.1. The van der Waals surface area contributed by atoms with Crippen molar-refractivity contribution in [2.24, 2.45) is 0 Å². The molecule has 0 atom stereocenters. The third-order valence-corrected chi connectivity index (χ3v) is 5.17. The number of nitrogen functional groups attached to an aromatic ring is 1. The number of nitrogens with zero attached hydrogens (tertiary/aromatic N) is 4. The van der Waals surface area contributed by atoms with Crippen LogP contribution in [0.4, 0.5) is 11.6 Å². The minimum atomic E-state index is -0.335. The first-order valence-electron chi connectivity index (χ1n) is 10.8. The van der Waals surface area contributed by atoms with Crippen LogP contribution in [-0.2, 0) is 16.0 Å². The minimum absolute atomic E-state index is 0.150. The molecule has 10 heteroatoms. The van der Waals surface area contributed by atoms with Crippen molar-refractivity contribution in [1.29, 1.82) is 0 Å². The monoisotopic (exact) mass is 454 g/mol. The Balaban J connectivity index is 1.93. The summed E-state index contributed by atoms with van der Waals surface area (Å²) in [6.07, 6.45) is 2.24. The minimum Gasteiger partial charge on any atom is -0.399 e. The van der Waals surface area contributed by atoms with E-state index in [0.717, 1.165) is 0 Å². The average Bonchev–Trinajstić information content (AvgIpc) is 3.15. The standard InChI is InChI=1S/C23H30N6O4/c1-4-28(10-12-33-3)22(31)17-14-19-20(25-15-17)29(9-6-11-32-2)23(26-19)27-21(30)16-7-5-8-18(24)13-16/h5,7-8,13-15H,4,6,9-12,24H2,1-3H3,(H,26,27,30). The topological polar surface area (TPSA) is 125 Å². The summed E-state index contributed by atoms with van der Waals surface area (Å²) in [4.78, 5) is 36.5. The molecule has 2 amide bonds. The number of ether oxygens (including phenoxy) is 2. The number of imidazole rings is 1. The van der Waals surface area contributed by atoms with Gasteiger partial charge in [0.15, 0.2) is 5.65 Å². The number of pyridine rings is 1. The molecular weight excluding hydrogens is 424 g/mol. The fourth-order valence-corrected chi connectivity index (χ4v) is 3.44. The van der Waals surface area contributed by atoms with Crippen molar-refractivity contribution in [2.75, 3.05) is 51.6 Å². The fraction of sp³-hybridized carbons (Fsp3) is 0.391. The van der Waals surface area contributed by atoms with Gasteiger partial charge in [-0.2, -0.15) is 0 Å². The van der Waals surface area contributed by atoms with Crippen molar-refractivity contribution in [3.05, 3.63) is 47.7 Å². The maximum atomic E-state index is 12.9. The van der Waals surface area contributed by atoms with Gasteiger partial charge in [-0.25, -0.2) is 9.97 Å². The molecule has 0 saturated heterocycles. The Labute approximate surface area is 192 Å². The number of anilines is 2. The Morgan fingerprint density at radius 2 is 1.94 bits per heavy atom. The number of carbonyl (C=O) groups is 2. The van der Waals surface area contributed by atoms with Gasteiger partial charge >= 0.3 is 0 Å². The number of rotatable bonds is 11. The SMILES string of the molecule is CCN(CCOC)C(=O)c1cnc2c(c1)nc(NC(=O)c1cccc(N)c1)n2CCCOC. The molecule has 33 heavy (non-hydrogen) atoms. The first kappa shape index (κ1) is 24.1. The second-order valence-electron chi connectivity index (χ2n) is 7.46. The van der Waals surface area contributed by atoms with E-state index in [9.17, 15) is 9.59 Å². The molecule has 0 spiro atoms. The maximum Gasteiger partial charge on any atom is 0.258 e. The van der Waals surface area contributed by atoms with Gasteiger partial charge in [-0.15, -0.1) is 0 Å². The third-order valence-electron chi connectivity index (χ3n) is 5.17. The lowest BCUT2D eigenvalue weighted by Gasteiger charge is -2.20. The van der Waals surface area contributed by atoms with E-state index in [1.165, 1.54) is 6.20 Å². The molecule has 2 aromatic heterocycles. The fourth-order valence-electron chi connectivity index (χ4n) is 3.44. The number of fused-ring (bicyclic) bond motifs is 1. The number of carbonyl (C=O) groups excluding carboxylic acids is 2. The van der Waals surface area contributed by atoms with E-state index in [-0.39, 0.29) is 11.8 Å². The molecule has 176 valence electrons. The molecule has 2 heterocycles. The zero-order chi connectivity index (χ0) is 23.8. The summed E-state index contributed by atoms with van der Waals surface area (Å²) in [5.74, 6) is -0.140. The summed E-state index contributed by atoms with van der Waals surface area (Å²) in [6.45, 7) is 4.47. The summed E-state index contributed by atoms with van der Waals surface area (Å²) in [5.41, 5.74) is 8.24. The van der Waals surface area contributed by atoms with Crippen molar-refractivity contribution >= 4 is 34.6 Å². The lowest BCUT2D eigenvalue weighted by atomic mass is 10.2. The highest BCUT2D eigenvalue weighted by Gasteiger charge is 2.19. The van der Waals surface area contributed by atoms with Crippen molar-refractivity contribution < 1.29 is 19.1 Å². The molecule has 0 bridgehead atoms. The lowest BCUT2D eigenvalue weighted by molar-refractivity contribution is 0.0706. The van der Waals surface area contributed by atoms with E-state index < -0.39 is 0 Å². The summed E-state index contributed by atoms with van der Waals surface area (Å²) in [5, 5.41) is 2.85. The van der Waals surface area contributed by atoms with Gasteiger partial charge in [0.1, 0.15) is 5.52 Å². The molecule has 3 N–H and O–H groups in total. The first-order chi connectivity index (χ1) is 16.0. The zero-order valence-electron chi connectivity index (χ0n) is 19.2. The van der Waals surface area contributed by atoms with Crippen LogP contribution in [0.25, 0.3) is 11.2 Å².